The molecule has 1 aliphatic rings. The highest BCUT2D eigenvalue weighted by molar-refractivity contribution is 9.10. The average Bonchev–Trinajstić information content (AvgIpc) is 2.92. The van der Waals surface area contributed by atoms with Gasteiger partial charge in [-0.15, -0.1) is 0 Å². The molecule has 0 amide bonds. The lowest BCUT2D eigenvalue weighted by Crippen LogP contribution is -2.35. The normalized spacial score (nSPS) is 21.2. The zero-order valence-corrected chi connectivity index (χ0v) is 13.8. The molecule has 1 heterocycles. The van der Waals surface area contributed by atoms with E-state index in [9.17, 15) is 5.11 Å². The van der Waals surface area contributed by atoms with E-state index in [0.717, 1.165) is 36.9 Å². The summed E-state index contributed by atoms with van der Waals surface area (Å²) in [6.07, 6.45) is 3.45. The third-order valence-corrected chi connectivity index (χ3v) is 4.67. The summed E-state index contributed by atoms with van der Waals surface area (Å²) in [6, 6.07) is 9.35. The maximum absolute atomic E-state index is 9.39. The topological polar surface area (TPSA) is 35.5 Å². The predicted octanol–water partition coefficient (Wildman–Crippen LogP) is 2.95. The first-order chi connectivity index (χ1) is 9.74. The lowest BCUT2D eigenvalue weighted by molar-refractivity contribution is 0.154. The van der Waals surface area contributed by atoms with Crippen molar-refractivity contribution in [2.45, 2.75) is 38.3 Å². The van der Waals surface area contributed by atoms with Gasteiger partial charge in [0.25, 0.3) is 0 Å². The van der Waals surface area contributed by atoms with Gasteiger partial charge in [0.15, 0.2) is 0 Å². The summed E-state index contributed by atoms with van der Waals surface area (Å²) in [5, 5.41) is 13.0. The molecule has 1 aliphatic heterocycles. The van der Waals surface area contributed by atoms with Crippen molar-refractivity contribution in [3.63, 3.8) is 0 Å². The molecule has 112 valence electrons. The summed E-state index contributed by atoms with van der Waals surface area (Å²) in [5.74, 6) is 0. The molecule has 1 aromatic carbocycles. The summed E-state index contributed by atoms with van der Waals surface area (Å²) in [4.78, 5) is 2.43. The SMILES string of the molecule is CCNC(CCN1CCCC1CO)c1ccc(Br)cc1. The zero-order valence-electron chi connectivity index (χ0n) is 12.2. The first-order valence-electron chi connectivity index (χ1n) is 7.58. The fourth-order valence-corrected chi connectivity index (χ4v) is 3.28. The number of hydrogen-bond donors (Lipinski definition) is 2. The molecule has 0 aliphatic carbocycles. The van der Waals surface area contributed by atoms with Crippen molar-refractivity contribution >= 4 is 15.9 Å². The van der Waals surface area contributed by atoms with Crippen LogP contribution in [-0.2, 0) is 0 Å². The second kappa shape index (κ2) is 8.13. The van der Waals surface area contributed by atoms with Gasteiger partial charge in [-0.25, -0.2) is 0 Å². The van der Waals surface area contributed by atoms with Crippen LogP contribution in [0.25, 0.3) is 0 Å². The molecule has 0 aromatic heterocycles. The lowest BCUT2D eigenvalue weighted by atomic mass is 10.0. The Bertz CT molecular complexity index is 396. The monoisotopic (exact) mass is 340 g/mol. The van der Waals surface area contributed by atoms with Crippen molar-refractivity contribution in [1.29, 1.82) is 0 Å². The van der Waals surface area contributed by atoms with Crippen molar-refractivity contribution in [2.75, 3.05) is 26.2 Å². The number of benzene rings is 1. The van der Waals surface area contributed by atoms with Gasteiger partial charge < -0.3 is 10.4 Å². The van der Waals surface area contributed by atoms with Gasteiger partial charge in [0.1, 0.15) is 0 Å². The Hall–Kier alpha value is -0.420. The number of aliphatic hydroxyl groups is 1. The van der Waals surface area contributed by atoms with Gasteiger partial charge in [-0.2, -0.15) is 0 Å². The minimum atomic E-state index is 0.296. The molecule has 20 heavy (non-hydrogen) atoms. The molecule has 1 saturated heterocycles. The molecule has 2 atom stereocenters. The van der Waals surface area contributed by atoms with Gasteiger partial charge in [-0.05, 0) is 50.0 Å². The van der Waals surface area contributed by atoms with Crippen LogP contribution in [0.3, 0.4) is 0 Å². The molecule has 2 unspecified atom stereocenters. The van der Waals surface area contributed by atoms with Crippen LogP contribution >= 0.6 is 15.9 Å². The van der Waals surface area contributed by atoms with E-state index in [0.29, 0.717) is 18.7 Å². The Labute approximate surface area is 130 Å². The van der Waals surface area contributed by atoms with E-state index in [1.807, 2.05) is 0 Å². The van der Waals surface area contributed by atoms with Crippen molar-refractivity contribution in [3.8, 4) is 0 Å². The van der Waals surface area contributed by atoms with Crippen LogP contribution in [0, 0.1) is 0 Å². The molecule has 4 heteroatoms. The summed E-state index contributed by atoms with van der Waals surface area (Å²) in [5.41, 5.74) is 1.34. The van der Waals surface area contributed by atoms with Gasteiger partial charge >= 0.3 is 0 Å². The highest BCUT2D eigenvalue weighted by Gasteiger charge is 2.24. The number of nitrogens with zero attached hydrogens (tertiary/aromatic N) is 1. The average molecular weight is 341 g/mol. The Morgan fingerprint density at radius 2 is 2.15 bits per heavy atom. The second-order valence-electron chi connectivity index (χ2n) is 5.47. The van der Waals surface area contributed by atoms with Crippen LogP contribution in [0.1, 0.15) is 37.8 Å². The van der Waals surface area contributed by atoms with Crippen LogP contribution in [0.15, 0.2) is 28.7 Å². The Morgan fingerprint density at radius 1 is 1.40 bits per heavy atom. The molecule has 0 bridgehead atoms. The molecule has 0 saturated carbocycles. The molecular formula is C16H25BrN2O. The van der Waals surface area contributed by atoms with Gasteiger partial charge in [0, 0.05) is 23.1 Å². The minimum Gasteiger partial charge on any atom is -0.395 e. The number of rotatable bonds is 7. The third-order valence-electron chi connectivity index (χ3n) is 4.14. The molecule has 1 fully saturated rings. The van der Waals surface area contributed by atoms with Crippen LogP contribution in [0.4, 0.5) is 0 Å². The summed E-state index contributed by atoms with van der Waals surface area (Å²) in [7, 11) is 0. The molecule has 3 nitrogen and oxygen atoms in total. The molecular weight excluding hydrogens is 316 g/mol. The minimum absolute atomic E-state index is 0.296. The fraction of sp³-hybridized carbons (Fsp3) is 0.625. The van der Waals surface area contributed by atoms with Gasteiger partial charge in [-0.1, -0.05) is 35.0 Å². The summed E-state index contributed by atoms with van der Waals surface area (Å²) >= 11 is 3.49. The van der Waals surface area contributed by atoms with Crippen molar-refractivity contribution in [1.82, 2.24) is 10.2 Å². The number of halogens is 1. The molecule has 1 aromatic rings. The Kier molecular flexibility index (Phi) is 6.49. The van der Waals surface area contributed by atoms with Crippen LogP contribution in [-0.4, -0.2) is 42.3 Å². The lowest BCUT2D eigenvalue weighted by Gasteiger charge is -2.26. The summed E-state index contributed by atoms with van der Waals surface area (Å²) in [6.45, 7) is 5.61. The predicted molar refractivity (Wildman–Crippen MR) is 86.9 cm³/mol. The highest BCUT2D eigenvalue weighted by atomic mass is 79.9. The van der Waals surface area contributed by atoms with Crippen molar-refractivity contribution in [2.24, 2.45) is 0 Å². The Balaban J connectivity index is 1.93. The largest absolute Gasteiger partial charge is 0.395 e. The number of nitrogens with one attached hydrogen (secondary N) is 1. The van der Waals surface area contributed by atoms with E-state index in [-0.39, 0.29) is 0 Å². The van der Waals surface area contributed by atoms with E-state index in [1.54, 1.807) is 0 Å². The van der Waals surface area contributed by atoms with Gasteiger partial charge in [0.2, 0.25) is 0 Å². The van der Waals surface area contributed by atoms with E-state index < -0.39 is 0 Å². The smallest absolute Gasteiger partial charge is 0.0586 e. The van der Waals surface area contributed by atoms with E-state index >= 15 is 0 Å². The number of aliphatic hydroxyl groups excluding tert-OH is 1. The molecule has 0 spiro atoms. The summed E-state index contributed by atoms with van der Waals surface area (Å²) < 4.78 is 1.12. The molecule has 2 N–H and O–H groups in total. The zero-order chi connectivity index (χ0) is 14.4. The van der Waals surface area contributed by atoms with Crippen molar-refractivity contribution < 1.29 is 5.11 Å². The number of hydrogen-bond acceptors (Lipinski definition) is 3. The maximum Gasteiger partial charge on any atom is 0.0586 e. The number of likely N-dealkylation sites (tertiary alicyclic amines) is 1. The van der Waals surface area contributed by atoms with Gasteiger partial charge in [-0.3, -0.25) is 4.90 Å². The molecule has 0 radical (unpaired) electrons. The van der Waals surface area contributed by atoms with Crippen LogP contribution < -0.4 is 5.32 Å². The fourth-order valence-electron chi connectivity index (χ4n) is 3.02. The standard InChI is InChI=1S/C16H25BrN2O/c1-2-18-16(13-5-7-14(17)8-6-13)9-11-19-10-3-4-15(19)12-20/h5-8,15-16,18,20H,2-4,9-12H2,1H3. The quantitative estimate of drug-likeness (QED) is 0.800. The first-order valence-corrected chi connectivity index (χ1v) is 8.37. The third kappa shape index (κ3) is 4.29. The van der Waals surface area contributed by atoms with Crippen LogP contribution in [0.5, 0.6) is 0 Å². The van der Waals surface area contributed by atoms with Gasteiger partial charge in [0.05, 0.1) is 6.61 Å². The Morgan fingerprint density at radius 3 is 2.80 bits per heavy atom. The maximum atomic E-state index is 9.39. The van der Waals surface area contributed by atoms with E-state index in [2.05, 4.69) is 57.3 Å². The molecule has 2 rings (SSSR count). The van der Waals surface area contributed by atoms with E-state index in [4.69, 9.17) is 0 Å². The first kappa shape index (κ1) is 16.0. The van der Waals surface area contributed by atoms with E-state index in [1.165, 1.54) is 12.0 Å². The van der Waals surface area contributed by atoms with Crippen LogP contribution in [0.2, 0.25) is 0 Å². The highest BCUT2D eigenvalue weighted by Crippen LogP contribution is 2.23. The second-order valence-corrected chi connectivity index (χ2v) is 6.38. The van der Waals surface area contributed by atoms with Crippen molar-refractivity contribution in [3.05, 3.63) is 34.3 Å².